The Morgan fingerprint density at radius 1 is 0.971 bits per heavy atom. The molecule has 0 aromatic heterocycles. The number of carbonyl (C=O) groups is 3. The van der Waals surface area contributed by atoms with Crippen molar-refractivity contribution in [2.24, 2.45) is 5.73 Å². The summed E-state index contributed by atoms with van der Waals surface area (Å²) in [7, 11) is 0. The van der Waals surface area contributed by atoms with Gasteiger partial charge in [0, 0.05) is 18.0 Å². The van der Waals surface area contributed by atoms with E-state index in [2.05, 4.69) is 34.9 Å². The summed E-state index contributed by atoms with van der Waals surface area (Å²) in [5.41, 5.74) is 12.2. The number of hydrogen-bond acceptors (Lipinski definition) is 4. The molecule has 7 heteroatoms. The van der Waals surface area contributed by atoms with Gasteiger partial charge in [0.05, 0.1) is 0 Å². The van der Waals surface area contributed by atoms with Crippen molar-refractivity contribution >= 4 is 23.6 Å². The van der Waals surface area contributed by atoms with Gasteiger partial charge in [-0.3, -0.25) is 9.59 Å². The highest BCUT2D eigenvalue weighted by molar-refractivity contribution is 5.97. The number of hydrogen-bond donors (Lipinski definition) is 3. The van der Waals surface area contributed by atoms with Gasteiger partial charge in [-0.2, -0.15) is 0 Å². The smallest absolute Gasteiger partial charge is 0.407 e. The van der Waals surface area contributed by atoms with Gasteiger partial charge in [0.25, 0.3) is 0 Å². The summed E-state index contributed by atoms with van der Waals surface area (Å²) in [5.74, 6) is -0.852. The average Bonchev–Trinajstić information content (AvgIpc) is 3.16. The lowest BCUT2D eigenvalue weighted by Gasteiger charge is -2.18. The van der Waals surface area contributed by atoms with Crippen LogP contribution in [0, 0.1) is 6.92 Å². The molecule has 0 heterocycles. The van der Waals surface area contributed by atoms with Crippen LogP contribution in [0.4, 0.5) is 10.5 Å². The topological polar surface area (TPSA) is 111 Å². The van der Waals surface area contributed by atoms with E-state index in [0.29, 0.717) is 12.1 Å². The summed E-state index contributed by atoms with van der Waals surface area (Å²) in [6.07, 6.45) is -0.0634. The normalized spacial score (nSPS) is 12.9. The summed E-state index contributed by atoms with van der Waals surface area (Å²) >= 11 is 0. The summed E-state index contributed by atoms with van der Waals surface area (Å²) in [6.45, 7) is 3.67. The second-order valence-corrected chi connectivity index (χ2v) is 8.81. The molecule has 180 valence electrons. The van der Waals surface area contributed by atoms with E-state index in [1.165, 1.54) is 0 Å². The first-order valence-electron chi connectivity index (χ1n) is 11.6. The number of alkyl carbamates (subject to hydrolysis) is 1. The van der Waals surface area contributed by atoms with E-state index in [4.69, 9.17) is 10.5 Å². The second kappa shape index (κ2) is 10.4. The molecule has 0 radical (unpaired) electrons. The molecule has 3 amide bonds. The highest BCUT2D eigenvalue weighted by Crippen LogP contribution is 2.44. The summed E-state index contributed by atoms with van der Waals surface area (Å²) in [6, 6.07) is 21.0. The van der Waals surface area contributed by atoms with E-state index < -0.39 is 18.0 Å². The maximum atomic E-state index is 12.8. The molecule has 0 unspecified atom stereocenters. The molecular weight excluding hydrogens is 442 g/mol. The first-order valence-corrected chi connectivity index (χ1v) is 11.6. The Hall–Kier alpha value is -4.13. The van der Waals surface area contributed by atoms with E-state index in [1.54, 1.807) is 6.92 Å². The van der Waals surface area contributed by atoms with Gasteiger partial charge in [-0.05, 0) is 59.7 Å². The Balaban J connectivity index is 1.36. The first kappa shape index (κ1) is 24.0. The van der Waals surface area contributed by atoms with Crippen LogP contribution in [0.3, 0.4) is 0 Å². The Kier molecular flexibility index (Phi) is 7.15. The Morgan fingerprint density at radius 3 is 2.23 bits per heavy atom. The molecule has 4 rings (SSSR count). The SMILES string of the molecule is Cc1ccc(CCC(N)=O)c(NC(=O)[C@H](C)NC(=O)OCC2c3ccccc3-c3ccccc32)c1. The molecule has 0 spiro atoms. The molecule has 0 saturated carbocycles. The second-order valence-electron chi connectivity index (χ2n) is 8.81. The number of rotatable bonds is 8. The number of aryl methyl sites for hydroxylation is 2. The molecule has 3 aromatic carbocycles. The molecule has 7 nitrogen and oxygen atoms in total. The summed E-state index contributed by atoms with van der Waals surface area (Å²) in [5, 5.41) is 5.45. The van der Waals surface area contributed by atoms with E-state index >= 15 is 0 Å². The van der Waals surface area contributed by atoms with Gasteiger partial charge in [-0.25, -0.2) is 4.79 Å². The van der Waals surface area contributed by atoms with Crippen LogP contribution >= 0.6 is 0 Å². The number of nitrogens with two attached hydrogens (primary N) is 1. The Bertz CT molecular complexity index is 1230. The fourth-order valence-electron chi connectivity index (χ4n) is 4.41. The predicted octanol–water partition coefficient (Wildman–Crippen LogP) is 4.28. The molecule has 1 aliphatic rings. The third kappa shape index (κ3) is 5.51. The number of nitrogens with one attached hydrogen (secondary N) is 2. The lowest BCUT2D eigenvalue weighted by molar-refractivity contribution is -0.118. The van der Waals surface area contributed by atoms with Crippen molar-refractivity contribution in [3.8, 4) is 11.1 Å². The van der Waals surface area contributed by atoms with Crippen LogP contribution in [0.25, 0.3) is 11.1 Å². The summed E-state index contributed by atoms with van der Waals surface area (Å²) in [4.78, 5) is 36.5. The van der Waals surface area contributed by atoms with E-state index in [1.807, 2.05) is 49.4 Å². The maximum Gasteiger partial charge on any atom is 0.407 e. The van der Waals surface area contributed by atoms with Gasteiger partial charge in [0.2, 0.25) is 11.8 Å². The average molecular weight is 472 g/mol. The molecule has 35 heavy (non-hydrogen) atoms. The molecule has 4 N–H and O–H groups in total. The minimum absolute atomic E-state index is 0.0580. The molecule has 1 atom stereocenters. The number of fused-ring (bicyclic) bond motifs is 3. The fourth-order valence-corrected chi connectivity index (χ4v) is 4.41. The Morgan fingerprint density at radius 2 is 1.60 bits per heavy atom. The zero-order valence-corrected chi connectivity index (χ0v) is 19.8. The molecule has 1 aliphatic carbocycles. The van der Waals surface area contributed by atoms with Crippen molar-refractivity contribution in [2.75, 3.05) is 11.9 Å². The molecule has 0 fully saturated rings. The van der Waals surface area contributed by atoms with Crippen LogP contribution < -0.4 is 16.4 Å². The van der Waals surface area contributed by atoms with Crippen LogP contribution in [-0.4, -0.2) is 30.6 Å². The van der Waals surface area contributed by atoms with Crippen LogP contribution in [0.2, 0.25) is 0 Å². The molecular formula is C28H29N3O4. The van der Waals surface area contributed by atoms with Crippen molar-refractivity contribution < 1.29 is 19.1 Å². The first-order chi connectivity index (χ1) is 16.8. The maximum absolute atomic E-state index is 12.8. The van der Waals surface area contributed by atoms with Crippen molar-refractivity contribution in [3.63, 3.8) is 0 Å². The molecule has 3 aromatic rings. The standard InChI is InChI=1S/C28H29N3O4/c1-17-11-12-19(13-14-26(29)32)25(15-17)31-27(33)18(2)30-28(34)35-16-24-22-9-5-3-7-20(22)21-8-4-6-10-23(21)24/h3-12,15,18,24H,13-14,16H2,1-2H3,(H2,29,32)(H,30,34)(H,31,33)/t18-/m0/s1. The lowest BCUT2D eigenvalue weighted by Crippen LogP contribution is -2.42. The number of anilines is 1. The minimum atomic E-state index is -0.824. The number of benzene rings is 3. The van der Waals surface area contributed by atoms with Crippen LogP contribution in [0.5, 0.6) is 0 Å². The van der Waals surface area contributed by atoms with Crippen molar-refractivity contribution in [1.82, 2.24) is 5.32 Å². The van der Waals surface area contributed by atoms with E-state index in [9.17, 15) is 14.4 Å². The Labute approximate surface area is 204 Å². The highest BCUT2D eigenvalue weighted by atomic mass is 16.5. The molecule has 0 bridgehead atoms. The zero-order chi connectivity index (χ0) is 24.9. The number of carbonyl (C=O) groups excluding carboxylic acids is 3. The number of ether oxygens (including phenoxy) is 1. The van der Waals surface area contributed by atoms with Crippen LogP contribution in [-0.2, 0) is 20.7 Å². The van der Waals surface area contributed by atoms with Gasteiger partial charge >= 0.3 is 6.09 Å². The highest BCUT2D eigenvalue weighted by Gasteiger charge is 2.29. The molecule has 0 saturated heterocycles. The van der Waals surface area contributed by atoms with Crippen molar-refractivity contribution in [2.45, 2.75) is 38.6 Å². The predicted molar refractivity (Wildman–Crippen MR) is 135 cm³/mol. The van der Waals surface area contributed by atoms with Crippen LogP contribution in [0.1, 0.15) is 41.5 Å². The van der Waals surface area contributed by atoms with Gasteiger partial charge < -0.3 is 21.1 Å². The van der Waals surface area contributed by atoms with E-state index in [-0.39, 0.29) is 24.9 Å². The third-order valence-corrected chi connectivity index (χ3v) is 6.24. The van der Waals surface area contributed by atoms with Crippen molar-refractivity contribution in [1.29, 1.82) is 0 Å². The summed E-state index contributed by atoms with van der Waals surface area (Å²) < 4.78 is 5.54. The van der Waals surface area contributed by atoms with E-state index in [0.717, 1.165) is 33.4 Å². The monoisotopic (exact) mass is 471 g/mol. The van der Waals surface area contributed by atoms with Gasteiger partial charge in [0.15, 0.2) is 0 Å². The largest absolute Gasteiger partial charge is 0.449 e. The zero-order valence-electron chi connectivity index (χ0n) is 19.8. The quantitative estimate of drug-likeness (QED) is 0.455. The minimum Gasteiger partial charge on any atom is -0.449 e. The van der Waals surface area contributed by atoms with Gasteiger partial charge in [-0.15, -0.1) is 0 Å². The number of primary amides is 1. The number of amides is 3. The van der Waals surface area contributed by atoms with Gasteiger partial charge in [-0.1, -0.05) is 60.7 Å². The van der Waals surface area contributed by atoms with Crippen molar-refractivity contribution in [3.05, 3.63) is 89.0 Å². The van der Waals surface area contributed by atoms with Gasteiger partial charge in [0.1, 0.15) is 12.6 Å². The van der Waals surface area contributed by atoms with Crippen LogP contribution in [0.15, 0.2) is 66.7 Å². The third-order valence-electron chi connectivity index (χ3n) is 6.24. The lowest BCUT2D eigenvalue weighted by atomic mass is 9.98. The molecule has 0 aliphatic heterocycles. The fraction of sp³-hybridized carbons (Fsp3) is 0.250.